The van der Waals surface area contributed by atoms with E-state index in [1.165, 1.54) is 11.6 Å². The van der Waals surface area contributed by atoms with E-state index in [0.717, 1.165) is 15.9 Å². The summed E-state index contributed by atoms with van der Waals surface area (Å²) in [6.07, 6.45) is 0. The van der Waals surface area contributed by atoms with Crippen molar-refractivity contribution in [2.75, 3.05) is 18.1 Å². The molecule has 0 fully saturated rings. The highest BCUT2D eigenvalue weighted by Gasteiger charge is 2.23. The quantitative estimate of drug-likeness (QED) is 0.759. The van der Waals surface area contributed by atoms with Crippen LogP contribution in [0.3, 0.4) is 0 Å². The van der Waals surface area contributed by atoms with E-state index >= 15 is 0 Å². The van der Waals surface area contributed by atoms with Crippen molar-refractivity contribution in [2.24, 2.45) is 14.1 Å². The second kappa shape index (κ2) is 5.65. The third kappa shape index (κ3) is 2.38. The fourth-order valence-corrected chi connectivity index (χ4v) is 2.81. The molecular weight excluding hydrogens is 296 g/mol. The first kappa shape index (κ1) is 14.9. The highest BCUT2D eigenvalue weighted by Crippen LogP contribution is 2.26. The van der Waals surface area contributed by atoms with Crippen LogP contribution in [0, 0.1) is 11.3 Å². The average molecular weight is 312 g/mol. The van der Waals surface area contributed by atoms with Gasteiger partial charge in [-0.15, -0.1) is 0 Å². The Kier molecular flexibility index (Phi) is 3.66. The maximum absolute atomic E-state index is 12.2. The van der Waals surface area contributed by atoms with Gasteiger partial charge >= 0.3 is 5.69 Å². The van der Waals surface area contributed by atoms with Gasteiger partial charge in [0.15, 0.2) is 5.56 Å². The number of nitrogens with zero attached hydrogens (tertiary/aromatic N) is 4. The van der Waals surface area contributed by atoms with E-state index < -0.39 is 11.2 Å². The molecule has 2 heterocycles. The fraction of sp³-hybridized carbons (Fsp3) is 0.312. The van der Waals surface area contributed by atoms with E-state index in [9.17, 15) is 14.9 Å². The third-order valence-corrected chi connectivity index (χ3v) is 4.00. The maximum atomic E-state index is 12.2. The largest absolute Gasteiger partial charge is 0.491 e. The molecule has 0 atom stereocenters. The van der Waals surface area contributed by atoms with Gasteiger partial charge in [0.25, 0.3) is 5.56 Å². The number of hydrogen-bond acceptors (Lipinski definition) is 5. The van der Waals surface area contributed by atoms with Crippen molar-refractivity contribution >= 4 is 5.82 Å². The molecule has 1 aliphatic heterocycles. The smallest absolute Gasteiger partial charge is 0.332 e. The molecule has 0 bridgehead atoms. The summed E-state index contributed by atoms with van der Waals surface area (Å²) in [4.78, 5) is 26.3. The average Bonchev–Trinajstić information content (AvgIpc) is 2.78. The third-order valence-electron chi connectivity index (χ3n) is 4.00. The van der Waals surface area contributed by atoms with Crippen molar-refractivity contribution in [3.05, 3.63) is 56.2 Å². The van der Waals surface area contributed by atoms with Gasteiger partial charge in [-0.2, -0.15) is 5.26 Å². The molecule has 23 heavy (non-hydrogen) atoms. The highest BCUT2D eigenvalue weighted by atomic mass is 16.5. The van der Waals surface area contributed by atoms with Crippen molar-refractivity contribution in [1.82, 2.24) is 9.13 Å². The first-order valence-corrected chi connectivity index (χ1v) is 7.20. The lowest BCUT2D eigenvalue weighted by Gasteiger charge is -2.25. The molecule has 3 rings (SSSR count). The highest BCUT2D eigenvalue weighted by molar-refractivity contribution is 5.55. The van der Waals surface area contributed by atoms with Crippen molar-refractivity contribution in [2.45, 2.75) is 6.54 Å². The number of benzene rings is 1. The van der Waals surface area contributed by atoms with Crippen LogP contribution in [-0.2, 0) is 20.6 Å². The van der Waals surface area contributed by atoms with Crippen LogP contribution in [0.2, 0.25) is 0 Å². The molecular formula is C16H16N4O3. The van der Waals surface area contributed by atoms with Crippen molar-refractivity contribution in [3.8, 4) is 11.8 Å². The number of anilines is 1. The van der Waals surface area contributed by atoms with E-state index in [1.54, 1.807) is 7.05 Å². The summed E-state index contributed by atoms with van der Waals surface area (Å²) in [5, 5.41) is 9.40. The Morgan fingerprint density at radius 1 is 1.17 bits per heavy atom. The first-order valence-electron chi connectivity index (χ1n) is 7.20. The number of fused-ring (bicyclic) bond motifs is 1. The normalized spacial score (nSPS) is 13.7. The van der Waals surface area contributed by atoms with Gasteiger partial charge < -0.3 is 9.64 Å². The standard InChI is InChI=1S/C16H16N4O3/c1-18-14(12(9-17)15(21)19(2)16(18)22)20-7-8-23-13-6-4-3-5-11(13)10-20/h3-6H,7-8,10H2,1-2H3. The number of nitriles is 1. The summed E-state index contributed by atoms with van der Waals surface area (Å²) in [5.74, 6) is 1.11. The molecule has 0 radical (unpaired) electrons. The second-order valence-electron chi connectivity index (χ2n) is 5.39. The second-order valence-corrected chi connectivity index (χ2v) is 5.39. The van der Waals surface area contributed by atoms with Crippen LogP contribution in [-0.4, -0.2) is 22.3 Å². The van der Waals surface area contributed by atoms with Crippen molar-refractivity contribution in [3.63, 3.8) is 0 Å². The Morgan fingerprint density at radius 2 is 1.91 bits per heavy atom. The first-order chi connectivity index (χ1) is 11.0. The van der Waals surface area contributed by atoms with Gasteiger partial charge in [0.2, 0.25) is 0 Å². The van der Waals surface area contributed by atoms with Gasteiger partial charge in [-0.05, 0) is 6.07 Å². The molecule has 1 aromatic carbocycles. The molecule has 118 valence electrons. The molecule has 0 unspecified atom stereocenters. The van der Waals surface area contributed by atoms with Crippen LogP contribution < -0.4 is 20.9 Å². The zero-order chi connectivity index (χ0) is 16.6. The van der Waals surface area contributed by atoms with E-state index in [1.807, 2.05) is 35.2 Å². The Labute approximate surface area is 132 Å². The van der Waals surface area contributed by atoms with E-state index in [0.29, 0.717) is 25.5 Å². The van der Waals surface area contributed by atoms with Crippen LogP contribution in [0.5, 0.6) is 5.75 Å². The number of para-hydroxylation sites is 1. The zero-order valence-electron chi connectivity index (χ0n) is 12.9. The summed E-state index contributed by atoms with van der Waals surface area (Å²) < 4.78 is 7.99. The molecule has 0 amide bonds. The lowest BCUT2D eigenvalue weighted by molar-refractivity contribution is 0.331. The van der Waals surface area contributed by atoms with Gasteiger partial charge in [-0.1, -0.05) is 18.2 Å². The zero-order valence-corrected chi connectivity index (χ0v) is 12.9. The van der Waals surface area contributed by atoms with Crippen molar-refractivity contribution in [1.29, 1.82) is 5.26 Å². The number of hydrogen-bond donors (Lipinski definition) is 0. The molecule has 0 aliphatic carbocycles. The minimum absolute atomic E-state index is 0.0334. The van der Waals surface area contributed by atoms with Crippen LogP contribution in [0.1, 0.15) is 11.1 Å². The Hall–Kier alpha value is -3.01. The van der Waals surface area contributed by atoms with Crippen LogP contribution in [0.4, 0.5) is 5.82 Å². The Bertz CT molecular complexity index is 920. The molecule has 2 aromatic rings. The molecule has 0 saturated heterocycles. The summed E-state index contributed by atoms with van der Waals surface area (Å²) in [6, 6.07) is 9.55. The summed E-state index contributed by atoms with van der Waals surface area (Å²) >= 11 is 0. The summed E-state index contributed by atoms with van der Waals surface area (Å²) in [5.41, 5.74) is -0.123. The van der Waals surface area contributed by atoms with Crippen LogP contribution in [0.15, 0.2) is 33.9 Å². The topological polar surface area (TPSA) is 80.3 Å². The predicted molar refractivity (Wildman–Crippen MR) is 84.6 cm³/mol. The SMILES string of the molecule is Cn1c(N2CCOc3ccccc3C2)c(C#N)c(=O)n(C)c1=O. The van der Waals surface area contributed by atoms with Gasteiger partial charge in [-0.3, -0.25) is 13.9 Å². The van der Waals surface area contributed by atoms with Gasteiger partial charge in [0.05, 0.1) is 6.54 Å². The molecule has 7 heteroatoms. The van der Waals surface area contributed by atoms with E-state index in [4.69, 9.17) is 4.74 Å². The maximum Gasteiger partial charge on any atom is 0.332 e. The molecule has 1 aliphatic rings. The van der Waals surface area contributed by atoms with E-state index in [-0.39, 0.29) is 5.56 Å². The molecule has 0 N–H and O–H groups in total. The lowest BCUT2D eigenvalue weighted by atomic mass is 10.2. The summed E-state index contributed by atoms with van der Waals surface area (Å²) in [6.45, 7) is 1.35. The molecule has 0 saturated carbocycles. The Morgan fingerprint density at radius 3 is 2.65 bits per heavy atom. The monoisotopic (exact) mass is 312 g/mol. The predicted octanol–water partition coefficient (Wildman–Crippen LogP) is 0.355. The van der Waals surface area contributed by atoms with E-state index in [2.05, 4.69) is 0 Å². The minimum atomic E-state index is -0.580. The molecule has 0 spiro atoms. The van der Waals surface area contributed by atoms with Gasteiger partial charge in [0.1, 0.15) is 24.2 Å². The van der Waals surface area contributed by atoms with Gasteiger partial charge in [-0.25, -0.2) is 4.79 Å². The minimum Gasteiger partial charge on any atom is -0.491 e. The number of aromatic nitrogens is 2. The number of ether oxygens (including phenoxy) is 1. The fourth-order valence-electron chi connectivity index (χ4n) is 2.81. The van der Waals surface area contributed by atoms with Crippen molar-refractivity contribution < 1.29 is 4.74 Å². The molecule has 7 nitrogen and oxygen atoms in total. The van der Waals surface area contributed by atoms with Crippen LogP contribution >= 0.6 is 0 Å². The summed E-state index contributed by atoms with van der Waals surface area (Å²) in [7, 11) is 2.94. The Balaban J connectivity index is 2.18. The van der Waals surface area contributed by atoms with Gasteiger partial charge in [0, 0.05) is 26.2 Å². The molecule has 1 aromatic heterocycles. The van der Waals surface area contributed by atoms with Crippen LogP contribution in [0.25, 0.3) is 0 Å². The lowest BCUT2D eigenvalue weighted by Crippen LogP contribution is -2.43. The number of rotatable bonds is 1.